The number of hydrazine groups is 1. The van der Waals surface area contributed by atoms with Gasteiger partial charge in [-0.25, -0.2) is 19.4 Å². The van der Waals surface area contributed by atoms with E-state index in [0.717, 1.165) is 58.7 Å². The van der Waals surface area contributed by atoms with Crippen molar-refractivity contribution < 1.29 is 18.7 Å². The number of aromatic amines is 1. The summed E-state index contributed by atoms with van der Waals surface area (Å²) in [7, 11) is 1.91. The Morgan fingerprint density at radius 3 is 2.68 bits per heavy atom. The predicted molar refractivity (Wildman–Crippen MR) is 229 cm³/mol. The monoisotopic (exact) mass is 817 g/mol. The molecule has 2 amide bonds. The van der Waals surface area contributed by atoms with Gasteiger partial charge in [0, 0.05) is 53.5 Å². The number of carbonyl (C=O) groups is 2. The summed E-state index contributed by atoms with van der Waals surface area (Å²) in [6.45, 7) is 12.8. The quantitative estimate of drug-likeness (QED) is 0.0370. The molecule has 1 fully saturated rings. The fourth-order valence-electron chi connectivity index (χ4n) is 7.29. The summed E-state index contributed by atoms with van der Waals surface area (Å²) < 4.78 is 23.4. The summed E-state index contributed by atoms with van der Waals surface area (Å²) in [6.07, 6.45) is 7.63. The number of ether oxygens (including phenoxy) is 1. The zero-order chi connectivity index (χ0) is 41.5. The highest BCUT2D eigenvalue weighted by Gasteiger charge is 2.26. The SMILES string of the molecule is C=C1C(OC(C)C)=C(c2cn[nH]c2)N=CN1NC(C)=Nc1ccc(Sc2cccc(CN3CCC(c4cccc5c(NC(=O)CCNC=O)nn(C)c45)CC3)c2)cc1F. The van der Waals surface area contributed by atoms with E-state index in [9.17, 15) is 9.59 Å². The van der Waals surface area contributed by atoms with E-state index >= 15 is 4.39 Å². The number of nitrogens with zero attached hydrogens (tertiary/aromatic N) is 7. The van der Waals surface area contributed by atoms with Crippen molar-refractivity contribution in [3.8, 4) is 0 Å². The first-order valence-electron chi connectivity index (χ1n) is 19.5. The highest BCUT2D eigenvalue weighted by Crippen LogP contribution is 2.37. The lowest BCUT2D eigenvalue weighted by molar-refractivity contribution is -0.116. The number of fused-ring (bicyclic) bond motifs is 1. The Balaban J connectivity index is 0.937. The molecule has 5 aromatic rings. The number of hydrogen-bond donors (Lipinski definition) is 4. The van der Waals surface area contributed by atoms with Gasteiger partial charge < -0.3 is 15.4 Å². The average molecular weight is 818 g/mol. The number of aliphatic imine (C=N–C) groups is 2. The van der Waals surface area contributed by atoms with Crippen LogP contribution in [-0.2, 0) is 27.9 Å². The number of para-hydroxylation sites is 1. The van der Waals surface area contributed by atoms with E-state index in [0.29, 0.717) is 41.1 Å². The minimum absolute atomic E-state index is 0.115. The van der Waals surface area contributed by atoms with Crippen molar-refractivity contribution in [1.82, 2.24) is 40.6 Å². The van der Waals surface area contributed by atoms with Crippen LogP contribution >= 0.6 is 11.8 Å². The second-order valence-corrected chi connectivity index (χ2v) is 15.8. The van der Waals surface area contributed by atoms with Crippen molar-refractivity contribution in [2.24, 2.45) is 17.0 Å². The number of hydrogen-bond acceptors (Lipinski definition) is 10. The Kier molecular flexibility index (Phi) is 12.9. The van der Waals surface area contributed by atoms with Crippen molar-refractivity contribution in [2.45, 2.75) is 68.4 Å². The zero-order valence-electron chi connectivity index (χ0n) is 33.5. The highest BCUT2D eigenvalue weighted by atomic mass is 32.2. The molecule has 59 heavy (non-hydrogen) atoms. The molecular weight excluding hydrogens is 770 g/mol. The number of piperidine rings is 1. The van der Waals surface area contributed by atoms with Crippen LogP contribution in [0.2, 0.25) is 0 Å². The second-order valence-electron chi connectivity index (χ2n) is 14.7. The van der Waals surface area contributed by atoms with E-state index < -0.39 is 5.82 Å². The molecule has 16 heteroatoms. The Morgan fingerprint density at radius 2 is 1.93 bits per heavy atom. The molecule has 0 saturated carbocycles. The molecule has 0 unspecified atom stereocenters. The average Bonchev–Trinajstić information content (AvgIpc) is 3.86. The van der Waals surface area contributed by atoms with Gasteiger partial charge in [0.15, 0.2) is 11.6 Å². The number of H-pyrrole nitrogens is 1. The Morgan fingerprint density at radius 1 is 1.14 bits per heavy atom. The number of carbonyl (C=O) groups excluding carboxylic acids is 2. The molecule has 1 saturated heterocycles. The van der Waals surface area contributed by atoms with Gasteiger partial charge in [-0.1, -0.05) is 42.6 Å². The number of aromatic nitrogens is 4. The number of halogens is 1. The molecule has 2 aliphatic rings. The minimum atomic E-state index is -0.432. The van der Waals surface area contributed by atoms with Crippen molar-refractivity contribution in [3.05, 3.63) is 114 Å². The van der Waals surface area contributed by atoms with Crippen LogP contribution in [-0.4, -0.2) is 80.1 Å². The van der Waals surface area contributed by atoms with E-state index in [4.69, 9.17) is 4.74 Å². The Hall–Kier alpha value is -6.26. The zero-order valence-corrected chi connectivity index (χ0v) is 34.4. The maximum atomic E-state index is 15.5. The number of rotatable bonds is 15. The number of likely N-dealkylation sites (tertiary alicyclic amines) is 1. The molecule has 2 aliphatic heterocycles. The second kappa shape index (κ2) is 18.6. The number of nitrogens with one attached hydrogen (secondary N) is 4. The third kappa shape index (κ3) is 9.89. The normalized spacial score (nSPS) is 15.3. The van der Waals surface area contributed by atoms with Crippen LogP contribution in [0.3, 0.4) is 0 Å². The molecule has 0 aliphatic carbocycles. The van der Waals surface area contributed by atoms with Crippen LogP contribution in [0.25, 0.3) is 16.6 Å². The molecule has 4 N–H and O–H groups in total. The topological polar surface area (TPSA) is 157 Å². The van der Waals surface area contributed by atoms with Gasteiger partial charge >= 0.3 is 0 Å². The summed E-state index contributed by atoms with van der Waals surface area (Å²) in [5.41, 5.74) is 8.71. The van der Waals surface area contributed by atoms with Crippen LogP contribution in [0, 0.1) is 5.82 Å². The number of amides is 2. The molecule has 0 atom stereocenters. The number of aryl methyl sites for hydroxylation is 1. The van der Waals surface area contributed by atoms with E-state index in [1.165, 1.54) is 29.0 Å². The smallest absolute Gasteiger partial charge is 0.227 e. The van der Waals surface area contributed by atoms with Gasteiger partial charge in [-0.05, 0) is 100 Å². The lowest BCUT2D eigenvalue weighted by Gasteiger charge is -2.32. The molecule has 0 spiro atoms. The van der Waals surface area contributed by atoms with Crippen molar-refractivity contribution in [1.29, 1.82) is 0 Å². The van der Waals surface area contributed by atoms with Gasteiger partial charge in [0.1, 0.15) is 35.1 Å². The van der Waals surface area contributed by atoms with Crippen LogP contribution in [0.5, 0.6) is 0 Å². The Labute approximate surface area is 346 Å². The number of anilines is 1. The maximum Gasteiger partial charge on any atom is 0.227 e. The van der Waals surface area contributed by atoms with Crippen molar-refractivity contribution in [2.75, 3.05) is 25.0 Å². The van der Waals surface area contributed by atoms with E-state index in [-0.39, 0.29) is 30.7 Å². The number of benzene rings is 3. The lowest BCUT2D eigenvalue weighted by atomic mass is 9.88. The van der Waals surface area contributed by atoms with Crippen LogP contribution < -0.4 is 16.1 Å². The van der Waals surface area contributed by atoms with Crippen molar-refractivity contribution >= 4 is 64.4 Å². The van der Waals surface area contributed by atoms with E-state index in [1.54, 1.807) is 36.7 Å². The minimum Gasteiger partial charge on any atom is -0.486 e. The molecule has 2 aromatic heterocycles. The van der Waals surface area contributed by atoms with Gasteiger partial charge in [0.25, 0.3) is 0 Å². The van der Waals surface area contributed by atoms with Crippen LogP contribution in [0.1, 0.15) is 62.6 Å². The summed E-state index contributed by atoms with van der Waals surface area (Å²) in [6, 6.07) is 19.7. The lowest BCUT2D eigenvalue weighted by Crippen LogP contribution is -2.41. The fraction of sp³-hybridized carbons (Fsp3) is 0.302. The molecule has 4 heterocycles. The highest BCUT2D eigenvalue weighted by molar-refractivity contribution is 7.99. The van der Waals surface area contributed by atoms with Gasteiger partial charge in [0.05, 0.1) is 17.8 Å². The van der Waals surface area contributed by atoms with E-state index in [1.807, 2.05) is 49.8 Å². The molecule has 3 aromatic carbocycles. The summed E-state index contributed by atoms with van der Waals surface area (Å²) in [4.78, 5) is 36.3. The van der Waals surface area contributed by atoms with Crippen LogP contribution in [0.15, 0.2) is 111 Å². The Bertz CT molecular complexity index is 2420. The molecular formula is C43H48FN11O3S. The van der Waals surface area contributed by atoms with Crippen LogP contribution in [0.4, 0.5) is 15.9 Å². The molecule has 0 radical (unpaired) electrons. The third-order valence-electron chi connectivity index (χ3n) is 9.99. The molecule has 306 valence electrons. The van der Waals surface area contributed by atoms with E-state index in [2.05, 4.69) is 77.1 Å². The first kappa shape index (κ1) is 40.9. The van der Waals surface area contributed by atoms with Gasteiger partial charge in [-0.3, -0.25) is 29.7 Å². The first-order chi connectivity index (χ1) is 28.6. The summed E-state index contributed by atoms with van der Waals surface area (Å²) >= 11 is 1.51. The van der Waals surface area contributed by atoms with Gasteiger partial charge in [0.2, 0.25) is 12.3 Å². The fourth-order valence-corrected chi connectivity index (χ4v) is 8.21. The predicted octanol–water partition coefficient (Wildman–Crippen LogP) is 7.25. The maximum absolute atomic E-state index is 15.5. The first-order valence-corrected chi connectivity index (χ1v) is 20.3. The summed E-state index contributed by atoms with van der Waals surface area (Å²) in [5.74, 6) is 1.21. The van der Waals surface area contributed by atoms with Gasteiger partial charge in [-0.2, -0.15) is 10.2 Å². The van der Waals surface area contributed by atoms with Gasteiger partial charge in [-0.15, -0.1) is 0 Å². The van der Waals surface area contributed by atoms with Crippen molar-refractivity contribution in [3.63, 3.8) is 0 Å². The largest absolute Gasteiger partial charge is 0.486 e. The summed E-state index contributed by atoms with van der Waals surface area (Å²) in [5, 5.41) is 19.4. The molecule has 0 bridgehead atoms. The number of amidine groups is 1. The molecule has 14 nitrogen and oxygen atoms in total. The molecule has 7 rings (SSSR count). The standard InChI is InChI=1S/C43H48FN11O3S/c1-27(2)58-42-28(3)55(25-46-40(42)32-22-47-48-23-32)51-29(4)49-38-13-12-34(21-37(38)44)59-33-9-6-8-30(20-33)24-54-18-15-31(16-19-54)35-10-7-11-36-41(35)53(5)52-43(36)50-39(57)14-17-45-26-56/h6-13,20-23,25-27,31H,3,14-19,24H2,1-2,4-5H3,(H,45,56)(H,47,48)(H,49,51)(H,50,52,57). The third-order valence-corrected chi connectivity index (χ3v) is 11.0.